The summed E-state index contributed by atoms with van der Waals surface area (Å²) in [5, 5.41) is 13.2. The van der Waals surface area contributed by atoms with Crippen LogP contribution in [0.3, 0.4) is 0 Å². The lowest BCUT2D eigenvalue weighted by atomic mass is 9.98. The van der Waals surface area contributed by atoms with Crippen molar-refractivity contribution in [1.29, 1.82) is 0 Å². The van der Waals surface area contributed by atoms with E-state index in [0.29, 0.717) is 41.8 Å². The van der Waals surface area contributed by atoms with Gasteiger partial charge in [-0.1, -0.05) is 59.8 Å². The van der Waals surface area contributed by atoms with E-state index in [4.69, 9.17) is 28.3 Å². The molecule has 0 radical (unpaired) electrons. The van der Waals surface area contributed by atoms with Gasteiger partial charge in [0.2, 0.25) is 6.79 Å². The molecule has 1 unspecified atom stereocenters. The Hall–Kier alpha value is -5.73. The highest BCUT2D eigenvalue weighted by molar-refractivity contribution is 6.04. The number of carbonyl (C=O) groups is 2. The highest BCUT2D eigenvalue weighted by Gasteiger charge is 2.22. The minimum atomic E-state index is -1.26. The second kappa shape index (κ2) is 13.3. The number of esters is 1. The molecule has 0 saturated carbocycles. The van der Waals surface area contributed by atoms with Gasteiger partial charge >= 0.3 is 12.1 Å². The monoisotopic (exact) mass is 613 g/mol. The lowest BCUT2D eigenvalue weighted by Gasteiger charge is -2.13. The van der Waals surface area contributed by atoms with Crippen LogP contribution >= 0.6 is 0 Å². The van der Waals surface area contributed by atoms with Crippen LogP contribution in [0.4, 0.5) is 4.79 Å². The van der Waals surface area contributed by atoms with Crippen LogP contribution in [0.1, 0.15) is 34.2 Å². The fraction of sp³-hybridized carbons (Fsp3) is 0.194. The van der Waals surface area contributed by atoms with Gasteiger partial charge in [0.05, 0.1) is 35.9 Å². The molecule has 1 atom stereocenters. The molecular weight excluding hydrogens is 586 g/mol. The fourth-order valence-corrected chi connectivity index (χ4v) is 4.72. The number of aliphatic hydroxyl groups excluding tert-OH is 1. The number of aromatic nitrogens is 3. The molecule has 14 nitrogen and oxygen atoms in total. The van der Waals surface area contributed by atoms with Crippen molar-refractivity contribution in [2.24, 2.45) is 4.99 Å². The number of rotatable bonds is 11. The molecule has 14 heteroatoms. The van der Waals surface area contributed by atoms with Crippen LogP contribution in [0.25, 0.3) is 22.2 Å². The Morgan fingerprint density at radius 3 is 2.53 bits per heavy atom. The number of nitrogens with zero attached hydrogens (tertiary/aromatic N) is 4. The minimum Gasteiger partial charge on any atom is -0.465 e. The zero-order chi connectivity index (χ0) is 31.2. The van der Waals surface area contributed by atoms with E-state index in [1.807, 2.05) is 55.5 Å². The predicted molar refractivity (Wildman–Crippen MR) is 157 cm³/mol. The minimum absolute atomic E-state index is 0.176. The third kappa shape index (κ3) is 6.61. The number of nitrogens with one attached hydrogen (secondary N) is 1. The van der Waals surface area contributed by atoms with Crippen LogP contribution in [0.2, 0.25) is 0 Å². The predicted octanol–water partition coefficient (Wildman–Crippen LogP) is 4.16. The molecule has 6 rings (SSSR count). The first kappa shape index (κ1) is 29.3. The Labute approximate surface area is 255 Å². The second-order valence-electron chi connectivity index (χ2n) is 9.56. The number of ether oxygens (including phenoxy) is 4. The summed E-state index contributed by atoms with van der Waals surface area (Å²) in [5.74, 6) is 0.0412. The number of carbonyl (C=O) groups excluding carboxylic acids is 2. The van der Waals surface area contributed by atoms with Gasteiger partial charge in [-0.2, -0.15) is 4.98 Å². The van der Waals surface area contributed by atoms with Crippen LogP contribution < -0.4 is 10.2 Å². The van der Waals surface area contributed by atoms with Gasteiger partial charge in [-0.25, -0.2) is 24.9 Å². The van der Waals surface area contributed by atoms with Gasteiger partial charge in [-0.15, -0.1) is 0 Å². The number of aliphatic hydroxyl groups is 1. The number of benzene rings is 3. The molecule has 0 bridgehead atoms. The summed E-state index contributed by atoms with van der Waals surface area (Å²) >= 11 is 0. The number of imidazole rings is 1. The molecule has 1 aliphatic rings. The first-order valence-corrected chi connectivity index (χ1v) is 13.8. The van der Waals surface area contributed by atoms with Crippen LogP contribution in [-0.2, 0) is 32.2 Å². The van der Waals surface area contributed by atoms with Crippen molar-refractivity contribution in [2.75, 3.05) is 13.4 Å². The maximum Gasteiger partial charge on any atom is 0.511 e. The number of aliphatic imine (C=N–C) groups is 1. The van der Waals surface area contributed by atoms with E-state index in [1.54, 1.807) is 22.8 Å². The van der Waals surface area contributed by atoms with Crippen molar-refractivity contribution in [3.05, 3.63) is 101 Å². The van der Waals surface area contributed by atoms with Crippen molar-refractivity contribution in [1.82, 2.24) is 20.2 Å². The molecule has 2 aromatic heterocycles. The Morgan fingerprint density at radius 1 is 0.978 bits per heavy atom. The smallest absolute Gasteiger partial charge is 0.465 e. The summed E-state index contributed by atoms with van der Waals surface area (Å²) in [6.07, 6.45) is -0.884. The summed E-state index contributed by atoms with van der Waals surface area (Å²) in [6, 6.07) is 22.4. The number of para-hydroxylation sites is 1. The van der Waals surface area contributed by atoms with E-state index in [9.17, 15) is 14.7 Å². The molecule has 3 aromatic carbocycles. The Balaban J connectivity index is 1.20. The van der Waals surface area contributed by atoms with Gasteiger partial charge in [0.25, 0.3) is 12.4 Å². The molecule has 0 amide bonds. The number of fused-ring (bicyclic) bond motifs is 1. The van der Waals surface area contributed by atoms with Crippen LogP contribution in [0, 0.1) is 0 Å². The summed E-state index contributed by atoms with van der Waals surface area (Å²) in [4.78, 5) is 38.6. The zero-order valence-electron chi connectivity index (χ0n) is 23.9. The maximum absolute atomic E-state index is 13.1. The van der Waals surface area contributed by atoms with E-state index >= 15 is 0 Å². The van der Waals surface area contributed by atoms with E-state index in [2.05, 4.69) is 20.6 Å². The quantitative estimate of drug-likeness (QED) is 0.161. The van der Waals surface area contributed by atoms with Gasteiger partial charge in [0.15, 0.2) is 18.2 Å². The molecule has 5 aromatic rings. The van der Waals surface area contributed by atoms with Gasteiger partial charge in [-0.05, 0) is 35.7 Å². The molecule has 1 aliphatic heterocycles. The zero-order valence-corrected chi connectivity index (χ0v) is 23.9. The topological polar surface area (TPSA) is 169 Å². The van der Waals surface area contributed by atoms with Gasteiger partial charge in [-0.3, -0.25) is 4.57 Å². The third-order valence-corrected chi connectivity index (χ3v) is 6.70. The Bertz CT molecular complexity index is 1830. The molecule has 0 aliphatic carbocycles. The first-order chi connectivity index (χ1) is 22.0. The van der Waals surface area contributed by atoms with E-state index in [0.717, 1.165) is 22.3 Å². The highest BCUT2D eigenvalue weighted by atomic mass is 16.8. The Morgan fingerprint density at radius 2 is 1.80 bits per heavy atom. The van der Waals surface area contributed by atoms with Gasteiger partial charge in [0.1, 0.15) is 0 Å². The van der Waals surface area contributed by atoms with Crippen molar-refractivity contribution in [3.8, 4) is 17.1 Å². The average Bonchev–Trinajstić information content (AvgIpc) is 3.81. The summed E-state index contributed by atoms with van der Waals surface area (Å²) in [5.41, 5.74) is 7.39. The summed E-state index contributed by atoms with van der Waals surface area (Å²) in [7, 11) is 0. The van der Waals surface area contributed by atoms with Crippen LogP contribution in [-0.4, -0.2) is 57.6 Å². The lowest BCUT2D eigenvalue weighted by molar-refractivity contribution is -0.102. The van der Waals surface area contributed by atoms with Crippen molar-refractivity contribution in [3.63, 3.8) is 0 Å². The lowest BCUT2D eigenvalue weighted by Crippen LogP contribution is -2.19. The standard InChI is InChI=1S/C31H27N5O9/c1-2-40-29-33-25-9-5-8-24(28(37)42-18-43-31(39)41-17-21-14-15-32-44-21)26(25)36(29)16-19-10-12-20(13-11-19)22-6-3-4-7-23(22)27-34-30(38)45-35-27/h3-15,30,38H,2,16-18H2,1H3,(H,34,35). The molecule has 0 fully saturated rings. The molecular formula is C31H27N5O9. The maximum atomic E-state index is 13.1. The molecule has 0 saturated heterocycles. The Kier molecular flexibility index (Phi) is 8.66. The molecule has 0 spiro atoms. The third-order valence-electron chi connectivity index (χ3n) is 6.70. The number of hydroxylamine groups is 1. The van der Waals surface area contributed by atoms with Gasteiger partial charge in [0, 0.05) is 11.6 Å². The number of hydrogen-bond donors (Lipinski definition) is 2. The number of hydrogen-bond acceptors (Lipinski definition) is 13. The average molecular weight is 614 g/mol. The van der Waals surface area contributed by atoms with E-state index in [1.165, 1.54) is 12.3 Å². The summed E-state index contributed by atoms with van der Waals surface area (Å²) < 4.78 is 27.4. The fourth-order valence-electron chi connectivity index (χ4n) is 4.72. The first-order valence-electron chi connectivity index (χ1n) is 13.8. The van der Waals surface area contributed by atoms with Gasteiger partial charge < -0.3 is 28.6 Å². The van der Waals surface area contributed by atoms with Crippen molar-refractivity contribution >= 4 is 29.0 Å². The van der Waals surface area contributed by atoms with Crippen molar-refractivity contribution < 1.29 is 43.0 Å². The normalized spacial score (nSPS) is 14.1. The SMILES string of the molecule is CCOc1nc2cccc(C(=O)OCOC(=O)OCc3ccno3)c2n1Cc1ccc(-c2ccccc2C2=NC(O)ON2)cc1. The molecule has 2 N–H and O–H groups in total. The molecule has 3 heterocycles. The summed E-state index contributed by atoms with van der Waals surface area (Å²) in [6.45, 7) is 1.70. The van der Waals surface area contributed by atoms with Crippen LogP contribution in [0.15, 0.2) is 88.5 Å². The van der Waals surface area contributed by atoms with E-state index in [-0.39, 0.29) is 12.2 Å². The largest absolute Gasteiger partial charge is 0.511 e. The number of amidine groups is 1. The second-order valence-corrected chi connectivity index (χ2v) is 9.56. The van der Waals surface area contributed by atoms with Crippen LogP contribution in [0.5, 0.6) is 6.01 Å². The molecule has 45 heavy (non-hydrogen) atoms. The van der Waals surface area contributed by atoms with Crippen molar-refractivity contribution in [2.45, 2.75) is 26.5 Å². The van der Waals surface area contributed by atoms with E-state index < -0.39 is 25.3 Å². The molecule has 230 valence electrons. The highest BCUT2D eigenvalue weighted by Crippen LogP contribution is 2.29.